The first-order chi connectivity index (χ1) is 12.9. The summed E-state index contributed by atoms with van der Waals surface area (Å²) in [5, 5.41) is 23.9. The molecule has 0 unspecified atom stereocenters. The summed E-state index contributed by atoms with van der Waals surface area (Å²) < 4.78 is 5.86. The van der Waals surface area contributed by atoms with Crippen LogP contribution in [0.4, 0.5) is 0 Å². The normalized spacial score (nSPS) is 46.4. The molecular weight excluding hydrogens is 380 g/mol. The number of ether oxygens (including phenoxy) is 1. The molecule has 0 amide bonds. The molecule has 27 heavy (non-hydrogen) atoms. The minimum absolute atomic E-state index is 0.00160. The Morgan fingerprint density at radius 1 is 1.11 bits per heavy atom. The second kappa shape index (κ2) is 5.94. The number of hydrogen-bond acceptors (Lipinski definition) is 10. The minimum atomic E-state index is -1.73. The van der Waals surface area contributed by atoms with Crippen LogP contribution in [-0.4, -0.2) is 59.2 Å². The highest BCUT2D eigenvalue weighted by atomic mass is 35.5. The van der Waals surface area contributed by atoms with E-state index in [0.29, 0.717) is 0 Å². The number of nitrogens with two attached hydrogens (primary N) is 2. The van der Waals surface area contributed by atoms with E-state index in [1.165, 1.54) is 0 Å². The molecule has 7 N–H and O–H groups in total. The van der Waals surface area contributed by atoms with Gasteiger partial charge in [0.25, 0.3) is 0 Å². The first kappa shape index (κ1) is 17.8. The number of rotatable bonds is 4. The molecule has 1 aliphatic carbocycles. The van der Waals surface area contributed by atoms with Crippen molar-refractivity contribution in [3.05, 3.63) is 20.9 Å². The number of nitrogens with one attached hydrogen (secondary N) is 2. The third-order valence-electron chi connectivity index (χ3n) is 5.74. The first-order valence-electron chi connectivity index (χ1n) is 8.15. The highest BCUT2D eigenvalue weighted by Gasteiger charge is 2.76. The van der Waals surface area contributed by atoms with Crippen LogP contribution in [-0.2, 0) is 4.74 Å². The molecular formula is C12H17ClN12O2. The maximum absolute atomic E-state index is 11.5. The van der Waals surface area contributed by atoms with Gasteiger partial charge in [-0.1, -0.05) is 10.2 Å². The van der Waals surface area contributed by atoms with Crippen LogP contribution in [0.1, 0.15) is 0 Å². The Morgan fingerprint density at radius 3 is 2.37 bits per heavy atom. The van der Waals surface area contributed by atoms with E-state index in [9.17, 15) is 5.11 Å². The van der Waals surface area contributed by atoms with Gasteiger partial charge in [0.05, 0.1) is 5.38 Å². The lowest BCUT2D eigenvalue weighted by Crippen LogP contribution is -2.75. The van der Waals surface area contributed by atoms with E-state index in [-0.39, 0.29) is 25.0 Å². The Bertz CT molecular complexity index is 821. The topological polar surface area (TPSA) is 228 Å². The Balaban J connectivity index is 1.86. The van der Waals surface area contributed by atoms with E-state index in [1.54, 1.807) is 0 Å². The Morgan fingerprint density at radius 2 is 1.70 bits per heavy atom. The average Bonchev–Trinajstić information content (AvgIpc) is 3.17. The van der Waals surface area contributed by atoms with Crippen molar-refractivity contribution in [1.29, 1.82) is 0 Å². The van der Waals surface area contributed by atoms with Gasteiger partial charge in [-0.25, -0.2) is 9.98 Å². The largest absolute Gasteiger partial charge is 0.370 e. The predicted molar refractivity (Wildman–Crippen MR) is 94.0 cm³/mol. The molecule has 4 rings (SSSR count). The van der Waals surface area contributed by atoms with E-state index >= 15 is 0 Å². The number of alkyl halides is 1. The zero-order chi connectivity index (χ0) is 19.4. The summed E-state index contributed by atoms with van der Waals surface area (Å²) in [5.41, 5.74) is 26.4. The van der Waals surface area contributed by atoms with Crippen LogP contribution in [0.5, 0.6) is 0 Å². The molecule has 4 aliphatic rings. The summed E-state index contributed by atoms with van der Waals surface area (Å²) in [6, 6.07) is 0. The van der Waals surface area contributed by atoms with E-state index in [0.717, 1.165) is 0 Å². The third-order valence-corrected chi connectivity index (χ3v) is 6.42. The molecule has 0 bridgehead atoms. The van der Waals surface area contributed by atoms with Crippen LogP contribution in [0.3, 0.4) is 0 Å². The SMILES string of the molecule is [N-]=[N+]=NC[C@@H]1[C@@H](CN=[N+]=[N-])[C@H](Cl)[C@]23NC(N)=N[C@H]2O[C@@H]2N=C(N)N[C@]2(O)[C@@H]13. The van der Waals surface area contributed by atoms with Crippen LogP contribution in [0.25, 0.3) is 20.9 Å². The molecule has 2 fully saturated rings. The summed E-state index contributed by atoms with van der Waals surface area (Å²) in [7, 11) is 0. The van der Waals surface area contributed by atoms with Crippen molar-refractivity contribution >= 4 is 23.5 Å². The van der Waals surface area contributed by atoms with E-state index in [1.807, 2.05) is 0 Å². The average molecular weight is 397 g/mol. The molecule has 1 saturated carbocycles. The van der Waals surface area contributed by atoms with Crippen LogP contribution in [0.2, 0.25) is 0 Å². The fourth-order valence-electron chi connectivity index (χ4n) is 4.91. The Labute approximate surface area is 157 Å². The maximum Gasteiger partial charge on any atom is 0.202 e. The highest BCUT2D eigenvalue weighted by molar-refractivity contribution is 6.22. The lowest BCUT2D eigenvalue weighted by atomic mass is 9.72. The van der Waals surface area contributed by atoms with Crippen molar-refractivity contribution in [2.24, 2.45) is 49.4 Å². The van der Waals surface area contributed by atoms with Crippen molar-refractivity contribution in [3.63, 3.8) is 0 Å². The lowest BCUT2D eigenvalue weighted by Gasteiger charge is -2.51. The number of hydrogen-bond donors (Lipinski definition) is 5. The zero-order valence-electron chi connectivity index (χ0n) is 13.8. The summed E-state index contributed by atoms with van der Waals surface area (Å²) in [5.74, 6) is -1.56. The number of halogens is 1. The summed E-state index contributed by atoms with van der Waals surface area (Å²) in [4.78, 5) is 14.0. The molecule has 1 saturated heterocycles. The smallest absolute Gasteiger partial charge is 0.202 e. The number of nitrogens with zero attached hydrogens (tertiary/aromatic N) is 8. The van der Waals surface area contributed by atoms with Crippen LogP contribution in [0.15, 0.2) is 20.2 Å². The standard InChI is InChI=1S/C12H17ClN12O2/c13-6-4(2-19-25-17)3(1-18-24-16)5-11(6)7(20-9(14)22-11)27-8-12(5,26)23-10(15)21-8/h3-8,26H,1-2H2,(H3,14,20,22)(H3,15,21,23)/t3-,4-,5+,6+,7+,8+,11+,12+/m1/s1. The second-order valence-corrected chi connectivity index (χ2v) is 7.38. The Hall–Kier alpha value is -2.63. The lowest BCUT2D eigenvalue weighted by molar-refractivity contribution is -0.233. The van der Waals surface area contributed by atoms with Crippen molar-refractivity contribution in [3.8, 4) is 0 Å². The number of aliphatic imine (C=N–C) groups is 2. The molecule has 3 aliphatic heterocycles. The van der Waals surface area contributed by atoms with Gasteiger partial charge >= 0.3 is 0 Å². The van der Waals surface area contributed by atoms with Crippen molar-refractivity contribution in [1.82, 2.24) is 10.6 Å². The van der Waals surface area contributed by atoms with Crippen LogP contribution < -0.4 is 22.1 Å². The van der Waals surface area contributed by atoms with Crippen LogP contribution in [0, 0.1) is 17.8 Å². The number of azide groups is 2. The fourth-order valence-corrected chi connectivity index (χ4v) is 5.47. The van der Waals surface area contributed by atoms with Gasteiger partial charge in [0.15, 0.2) is 23.9 Å². The van der Waals surface area contributed by atoms with Crippen molar-refractivity contribution < 1.29 is 9.84 Å². The first-order valence-corrected chi connectivity index (χ1v) is 8.58. The van der Waals surface area contributed by atoms with Gasteiger partial charge in [0.2, 0.25) is 6.23 Å². The van der Waals surface area contributed by atoms with Crippen LogP contribution >= 0.6 is 11.6 Å². The number of guanidine groups is 2. The minimum Gasteiger partial charge on any atom is -0.370 e. The molecule has 14 nitrogen and oxygen atoms in total. The third kappa shape index (κ3) is 2.22. The van der Waals surface area contributed by atoms with Crippen molar-refractivity contribution in [2.45, 2.75) is 29.1 Å². The Kier molecular flexibility index (Phi) is 3.91. The van der Waals surface area contributed by atoms with Gasteiger partial charge in [-0.3, -0.25) is 0 Å². The van der Waals surface area contributed by atoms with Gasteiger partial charge in [0, 0.05) is 28.8 Å². The monoisotopic (exact) mass is 396 g/mol. The predicted octanol–water partition coefficient (Wildman–Crippen LogP) is -0.978. The van der Waals surface area contributed by atoms with Gasteiger partial charge in [0.1, 0.15) is 5.54 Å². The summed E-state index contributed by atoms with van der Waals surface area (Å²) in [6.45, 7) is 0.0304. The summed E-state index contributed by atoms with van der Waals surface area (Å²) in [6.07, 6.45) is -1.90. The number of aliphatic hydroxyl groups is 1. The molecule has 0 aromatic rings. The van der Waals surface area contributed by atoms with Gasteiger partial charge in [-0.15, -0.1) is 11.6 Å². The van der Waals surface area contributed by atoms with Gasteiger partial charge in [-0.05, 0) is 22.9 Å². The van der Waals surface area contributed by atoms with E-state index in [4.69, 9.17) is 38.9 Å². The van der Waals surface area contributed by atoms with Crippen molar-refractivity contribution in [2.75, 3.05) is 13.1 Å². The quantitative estimate of drug-likeness (QED) is 0.173. The second-order valence-electron chi connectivity index (χ2n) is 6.91. The molecule has 0 radical (unpaired) electrons. The molecule has 15 heteroatoms. The maximum atomic E-state index is 11.5. The fraction of sp³-hybridized carbons (Fsp3) is 0.833. The molecule has 0 aromatic carbocycles. The molecule has 3 heterocycles. The van der Waals surface area contributed by atoms with Gasteiger partial charge < -0.3 is 31.9 Å². The van der Waals surface area contributed by atoms with E-state index in [2.05, 4.69) is 40.7 Å². The number of fused-ring (bicyclic) bond motifs is 2. The molecule has 1 spiro atoms. The molecule has 0 aromatic heterocycles. The van der Waals surface area contributed by atoms with E-state index < -0.39 is 46.9 Å². The highest BCUT2D eigenvalue weighted by Crippen LogP contribution is 2.59. The van der Waals surface area contributed by atoms with Gasteiger partial charge in [-0.2, -0.15) is 0 Å². The molecule has 144 valence electrons. The summed E-state index contributed by atoms with van der Waals surface area (Å²) >= 11 is 6.81. The zero-order valence-corrected chi connectivity index (χ0v) is 14.6. The molecule has 8 atom stereocenters.